The first-order chi connectivity index (χ1) is 16.0. The van der Waals surface area contributed by atoms with Crippen molar-refractivity contribution < 1.29 is 9.90 Å². The van der Waals surface area contributed by atoms with Crippen molar-refractivity contribution in [3.8, 4) is 5.75 Å². The molecule has 1 aliphatic rings. The molecule has 0 radical (unpaired) electrons. The summed E-state index contributed by atoms with van der Waals surface area (Å²) in [6.45, 7) is 6.83. The van der Waals surface area contributed by atoms with Crippen LogP contribution in [-0.2, 0) is 12.8 Å². The molecule has 0 fully saturated rings. The number of amides is 1. The van der Waals surface area contributed by atoms with Crippen LogP contribution in [0.2, 0.25) is 5.02 Å². The van der Waals surface area contributed by atoms with Gasteiger partial charge in [-0.15, -0.1) is 11.3 Å². The Morgan fingerprint density at radius 3 is 2.62 bits per heavy atom. The van der Waals surface area contributed by atoms with Crippen molar-refractivity contribution in [2.45, 2.75) is 40.0 Å². The second-order valence-electron chi connectivity index (χ2n) is 9.53. The van der Waals surface area contributed by atoms with Crippen molar-refractivity contribution in [1.29, 1.82) is 0 Å². The molecule has 3 aromatic rings. The number of aromatic hydroxyl groups is 1. The van der Waals surface area contributed by atoms with Crippen molar-refractivity contribution in [3.05, 3.63) is 71.9 Å². The van der Waals surface area contributed by atoms with E-state index in [2.05, 4.69) is 57.9 Å². The van der Waals surface area contributed by atoms with Gasteiger partial charge in [0, 0.05) is 31.8 Å². The van der Waals surface area contributed by atoms with Gasteiger partial charge in [-0.2, -0.15) is 0 Å². The highest BCUT2D eigenvalue weighted by atomic mass is 79.9. The lowest BCUT2D eigenvalue weighted by atomic mass is 9.72. The van der Waals surface area contributed by atoms with Crippen molar-refractivity contribution in [2.75, 3.05) is 5.32 Å². The second-order valence-corrected chi connectivity index (χ2v) is 12.8. The van der Waals surface area contributed by atoms with Crippen LogP contribution in [0, 0.1) is 11.3 Å². The zero-order valence-electron chi connectivity index (χ0n) is 19.1. The molecule has 2 N–H and O–H groups in total. The predicted molar refractivity (Wildman–Crippen MR) is 149 cm³/mol. The van der Waals surface area contributed by atoms with Crippen LogP contribution in [-0.4, -0.2) is 17.2 Å². The number of phenols is 1. The van der Waals surface area contributed by atoms with E-state index in [0.717, 1.165) is 29.3 Å². The van der Waals surface area contributed by atoms with E-state index in [1.54, 1.807) is 53.9 Å². The molecular weight excluding hydrogens is 600 g/mol. The van der Waals surface area contributed by atoms with Crippen LogP contribution in [0.15, 0.2) is 50.3 Å². The maximum atomic E-state index is 13.4. The number of rotatable bonds is 4. The number of hydrogen-bond acceptors (Lipinski definition) is 4. The van der Waals surface area contributed by atoms with Gasteiger partial charge < -0.3 is 10.4 Å². The first-order valence-electron chi connectivity index (χ1n) is 11.0. The Kier molecular flexibility index (Phi) is 7.58. The Labute approximate surface area is 225 Å². The number of aliphatic imine (C=N–C) groups is 1. The number of carbonyl (C=O) groups is 1. The van der Waals surface area contributed by atoms with Crippen LogP contribution < -0.4 is 5.32 Å². The van der Waals surface area contributed by atoms with Crippen LogP contribution in [0.4, 0.5) is 10.7 Å². The minimum absolute atomic E-state index is 0.105. The van der Waals surface area contributed by atoms with Crippen molar-refractivity contribution >= 4 is 77.6 Å². The molecule has 0 spiro atoms. The summed E-state index contributed by atoms with van der Waals surface area (Å²) >= 11 is 14.4. The van der Waals surface area contributed by atoms with E-state index in [0.29, 0.717) is 37.2 Å². The summed E-state index contributed by atoms with van der Waals surface area (Å²) in [6, 6.07) is 10.6. The normalized spacial score (nSPS) is 16.0. The standard InChI is InChI=1S/C26H25Br2ClN2O2S/c1-26(2,3)15-4-9-19-21(11-15)34-25(30-13-14-10-16(27)12-20(28)23(14)32)22(19)24(33)31-18-7-5-17(29)6-8-18/h5-8,10,12-13,15,32H,4,9,11H2,1-3H3,(H,31,33)/t15-/m0/s1. The zero-order chi connectivity index (χ0) is 24.6. The number of anilines is 1. The van der Waals surface area contributed by atoms with E-state index < -0.39 is 0 Å². The minimum Gasteiger partial charge on any atom is -0.506 e. The summed E-state index contributed by atoms with van der Waals surface area (Å²) in [4.78, 5) is 19.4. The predicted octanol–water partition coefficient (Wildman–Crippen LogP) is 8.79. The quantitative estimate of drug-likeness (QED) is 0.285. The zero-order valence-corrected chi connectivity index (χ0v) is 23.8. The molecule has 4 rings (SSSR count). The topological polar surface area (TPSA) is 61.7 Å². The summed E-state index contributed by atoms with van der Waals surface area (Å²) in [7, 11) is 0. The monoisotopic (exact) mass is 622 g/mol. The van der Waals surface area contributed by atoms with Gasteiger partial charge in [0.25, 0.3) is 5.91 Å². The number of nitrogens with one attached hydrogen (secondary N) is 1. The number of hydrogen-bond donors (Lipinski definition) is 2. The lowest BCUT2D eigenvalue weighted by Crippen LogP contribution is -2.27. The van der Waals surface area contributed by atoms with Gasteiger partial charge in [-0.05, 0) is 88.5 Å². The van der Waals surface area contributed by atoms with Gasteiger partial charge in [-0.3, -0.25) is 4.79 Å². The number of benzene rings is 2. The lowest BCUT2D eigenvalue weighted by Gasteiger charge is -2.33. The molecule has 1 aliphatic carbocycles. The molecule has 0 aliphatic heterocycles. The van der Waals surface area contributed by atoms with E-state index in [4.69, 9.17) is 16.6 Å². The number of fused-ring (bicyclic) bond motifs is 1. The Morgan fingerprint density at radius 1 is 1.24 bits per heavy atom. The molecule has 0 saturated heterocycles. The number of thiophene rings is 1. The maximum absolute atomic E-state index is 13.4. The number of carbonyl (C=O) groups excluding carboxylic acids is 1. The van der Waals surface area contributed by atoms with Crippen LogP contribution >= 0.6 is 54.8 Å². The first kappa shape index (κ1) is 25.4. The fraction of sp³-hybridized carbons (Fsp3) is 0.308. The summed E-state index contributed by atoms with van der Waals surface area (Å²) in [5.41, 5.74) is 3.15. The lowest BCUT2D eigenvalue weighted by molar-refractivity contribution is 0.102. The van der Waals surface area contributed by atoms with Gasteiger partial charge in [-0.1, -0.05) is 48.3 Å². The smallest absolute Gasteiger partial charge is 0.259 e. The number of phenolic OH excluding ortho intramolecular Hbond substituents is 1. The van der Waals surface area contributed by atoms with Gasteiger partial charge in [0.1, 0.15) is 10.8 Å². The summed E-state index contributed by atoms with van der Waals surface area (Å²) in [6.07, 6.45) is 4.44. The van der Waals surface area contributed by atoms with Gasteiger partial charge in [0.2, 0.25) is 0 Å². The molecule has 1 amide bonds. The van der Waals surface area contributed by atoms with Gasteiger partial charge >= 0.3 is 0 Å². The highest BCUT2D eigenvalue weighted by molar-refractivity contribution is 9.11. The molecule has 2 aromatic carbocycles. The van der Waals surface area contributed by atoms with E-state index >= 15 is 0 Å². The van der Waals surface area contributed by atoms with Gasteiger partial charge in [0.05, 0.1) is 10.0 Å². The van der Waals surface area contributed by atoms with E-state index in [9.17, 15) is 9.90 Å². The SMILES string of the molecule is CC(C)(C)[C@H]1CCc2c(sc(N=Cc3cc(Br)cc(Br)c3O)c2C(=O)Nc2ccc(Cl)cc2)C1. The summed E-state index contributed by atoms with van der Waals surface area (Å²) in [5, 5.41) is 14.7. The van der Waals surface area contributed by atoms with Crippen molar-refractivity contribution in [1.82, 2.24) is 0 Å². The molecule has 1 heterocycles. The molecule has 178 valence electrons. The molecule has 0 bridgehead atoms. The Balaban J connectivity index is 1.73. The molecule has 0 unspecified atom stereocenters. The third kappa shape index (κ3) is 5.59. The molecule has 0 saturated carbocycles. The highest BCUT2D eigenvalue weighted by Gasteiger charge is 2.33. The fourth-order valence-corrected chi connectivity index (χ4v) is 6.83. The Bertz CT molecular complexity index is 1260. The van der Waals surface area contributed by atoms with Crippen LogP contribution in [0.25, 0.3) is 0 Å². The van der Waals surface area contributed by atoms with Crippen LogP contribution in [0.5, 0.6) is 5.75 Å². The molecule has 1 atom stereocenters. The largest absolute Gasteiger partial charge is 0.506 e. The Morgan fingerprint density at radius 2 is 1.94 bits per heavy atom. The molecule has 34 heavy (non-hydrogen) atoms. The van der Waals surface area contributed by atoms with E-state index in [1.165, 1.54) is 4.88 Å². The molecule has 8 heteroatoms. The third-order valence-electron chi connectivity index (χ3n) is 6.18. The van der Waals surface area contributed by atoms with Crippen LogP contribution in [0.3, 0.4) is 0 Å². The van der Waals surface area contributed by atoms with Crippen LogP contribution in [0.1, 0.15) is 53.6 Å². The summed E-state index contributed by atoms with van der Waals surface area (Å²) < 4.78 is 1.39. The maximum Gasteiger partial charge on any atom is 0.259 e. The average Bonchev–Trinajstić information content (AvgIpc) is 3.14. The first-order valence-corrected chi connectivity index (χ1v) is 13.7. The minimum atomic E-state index is -0.180. The Hall–Kier alpha value is -1.67. The van der Waals surface area contributed by atoms with E-state index in [1.807, 2.05) is 0 Å². The number of nitrogens with zero attached hydrogens (tertiary/aromatic N) is 1. The fourth-order valence-electron chi connectivity index (χ4n) is 4.18. The van der Waals surface area contributed by atoms with Crippen molar-refractivity contribution in [3.63, 3.8) is 0 Å². The van der Waals surface area contributed by atoms with Gasteiger partial charge in [0.15, 0.2) is 0 Å². The highest BCUT2D eigenvalue weighted by Crippen LogP contribution is 2.45. The van der Waals surface area contributed by atoms with Gasteiger partial charge in [-0.25, -0.2) is 4.99 Å². The third-order valence-corrected chi connectivity index (χ3v) is 8.66. The van der Waals surface area contributed by atoms with Crippen molar-refractivity contribution in [2.24, 2.45) is 16.3 Å². The van der Waals surface area contributed by atoms with E-state index in [-0.39, 0.29) is 17.1 Å². The molecular formula is C26H25Br2ClN2O2S. The molecule has 4 nitrogen and oxygen atoms in total. The average molecular weight is 625 g/mol. The summed E-state index contributed by atoms with van der Waals surface area (Å²) in [5.74, 6) is 0.474. The number of halogens is 3. The second kappa shape index (κ2) is 10.1. The molecule has 1 aromatic heterocycles.